The Morgan fingerprint density at radius 1 is 1.32 bits per heavy atom. The fourth-order valence-corrected chi connectivity index (χ4v) is 3.70. The summed E-state index contributed by atoms with van der Waals surface area (Å²) in [6, 6.07) is 0. The van der Waals surface area contributed by atoms with E-state index in [1.807, 2.05) is 0 Å². The van der Waals surface area contributed by atoms with Crippen LogP contribution in [0.1, 0.15) is 52.9 Å². The fraction of sp³-hybridized carbons (Fsp3) is 1.00. The molecule has 2 aliphatic rings. The van der Waals surface area contributed by atoms with Gasteiger partial charge in [-0.2, -0.15) is 0 Å². The number of hydrogen-bond acceptors (Lipinski definition) is 3. The van der Waals surface area contributed by atoms with Crippen molar-refractivity contribution >= 4 is 0 Å². The third kappa shape index (κ3) is 3.50. The van der Waals surface area contributed by atoms with Gasteiger partial charge in [-0.15, -0.1) is 0 Å². The predicted octanol–water partition coefficient (Wildman–Crippen LogP) is 2.64. The summed E-state index contributed by atoms with van der Waals surface area (Å²) in [5.41, 5.74) is 6.43. The van der Waals surface area contributed by atoms with E-state index in [1.54, 1.807) is 0 Å². The van der Waals surface area contributed by atoms with Crippen molar-refractivity contribution < 1.29 is 4.74 Å². The zero-order valence-corrected chi connectivity index (χ0v) is 13.0. The van der Waals surface area contributed by atoms with Gasteiger partial charge in [0.2, 0.25) is 0 Å². The first-order chi connectivity index (χ1) is 9.07. The molecule has 0 bridgehead atoms. The first-order valence-corrected chi connectivity index (χ1v) is 8.14. The molecule has 0 aromatic carbocycles. The van der Waals surface area contributed by atoms with Gasteiger partial charge in [-0.3, -0.25) is 4.90 Å². The normalized spacial score (nSPS) is 38.4. The fourth-order valence-electron chi connectivity index (χ4n) is 3.70. The average molecular weight is 268 g/mol. The van der Waals surface area contributed by atoms with Crippen LogP contribution < -0.4 is 5.73 Å². The van der Waals surface area contributed by atoms with Crippen LogP contribution in [-0.4, -0.2) is 42.8 Å². The second-order valence-electron chi connectivity index (χ2n) is 7.06. The summed E-state index contributed by atoms with van der Waals surface area (Å²) < 4.78 is 5.96. The van der Waals surface area contributed by atoms with E-state index in [2.05, 4.69) is 25.7 Å². The number of nitrogens with two attached hydrogens (primary N) is 1. The topological polar surface area (TPSA) is 38.5 Å². The van der Waals surface area contributed by atoms with Crippen molar-refractivity contribution in [2.24, 2.45) is 17.6 Å². The molecule has 2 heterocycles. The van der Waals surface area contributed by atoms with Crippen LogP contribution in [0.3, 0.4) is 0 Å². The minimum Gasteiger partial charge on any atom is -0.378 e. The molecule has 0 radical (unpaired) electrons. The third-order valence-corrected chi connectivity index (χ3v) is 5.29. The van der Waals surface area contributed by atoms with E-state index in [-0.39, 0.29) is 5.54 Å². The lowest BCUT2D eigenvalue weighted by Crippen LogP contribution is -2.59. The summed E-state index contributed by atoms with van der Waals surface area (Å²) in [6.45, 7) is 11.0. The Morgan fingerprint density at radius 3 is 2.79 bits per heavy atom. The van der Waals surface area contributed by atoms with E-state index in [0.29, 0.717) is 12.0 Å². The zero-order valence-electron chi connectivity index (χ0n) is 13.0. The Hall–Kier alpha value is -0.120. The van der Waals surface area contributed by atoms with Crippen LogP contribution in [0, 0.1) is 11.8 Å². The first kappa shape index (κ1) is 15.3. The molecular formula is C16H32N2O. The average Bonchev–Trinajstić information content (AvgIpc) is 2.64. The molecule has 2 saturated heterocycles. The van der Waals surface area contributed by atoms with Crippen molar-refractivity contribution in [3.8, 4) is 0 Å². The van der Waals surface area contributed by atoms with Crippen LogP contribution in [0.25, 0.3) is 0 Å². The van der Waals surface area contributed by atoms with Gasteiger partial charge in [0.15, 0.2) is 0 Å². The van der Waals surface area contributed by atoms with E-state index >= 15 is 0 Å². The van der Waals surface area contributed by atoms with Gasteiger partial charge in [0.05, 0.1) is 6.10 Å². The molecule has 112 valence electrons. The minimum atomic E-state index is 0.206. The Labute approximate surface area is 118 Å². The number of likely N-dealkylation sites (tertiary alicyclic amines) is 1. The van der Waals surface area contributed by atoms with Crippen LogP contribution in [0.5, 0.6) is 0 Å². The Bertz CT molecular complexity index is 282. The lowest BCUT2D eigenvalue weighted by atomic mass is 9.81. The maximum Gasteiger partial charge on any atom is 0.0616 e. The molecular weight excluding hydrogens is 236 g/mol. The van der Waals surface area contributed by atoms with Crippen LogP contribution in [-0.2, 0) is 4.74 Å². The molecule has 2 fully saturated rings. The maximum atomic E-state index is 6.22. The van der Waals surface area contributed by atoms with Gasteiger partial charge in [0.1, 0.15) is 0 Å². The second kappa shape index (κ2) is 6.55. The summed E-state index contributed by atoms with van der Waals surface area (Å²) in [5.74, 6) is 1.47. The maximum absolute atomic E-state index is 6.22. The van der Waals surface area contributed by atoms with E-state index in [0.717, 1.165) is 31.9 Å². The molecule has 0 saturated carbocycles. The summed E-state index contributed by atoms with van der Waals surface area (Å²) in [7, 11) is 0. The van der Waals surface area contributed by atoms with E-state index in [1.165, 1.54) is 32.4 Å². The standard InChI is InChI=1S/C16H32N2O/c1-13(2)15-11-16(12-17,7-10-19-15)18-8-4-5-14(3)6-9-18/h13-15H,4-12,17H2,1-3H3. The van der Waals surface area contributed by atoms with E-state index in [4.69, 9.17) is 10.5 Å². The van der Waals surface area contributed by atoms with Crippen molar-refractivity contribution in [1.29, 1.82) is 0 Å². The van der Waals surface area contributed by atoms with Gasteiger partial charge < -0.3 is 10.5 Å². The van der Waals surface area contributed by atoms with E-state index < -0.39 is 0 Å². The van der Waals surface area contributed by atoms with Crippen LogP contribution in [0.2, 0.25) is 0 Å². The molecule has 3 atom stereocenters. The van der Waals surface area contributed by atoms with Gasteiger partial charge in [0, 0.05) is 18.7 Å². The first-order valence-electron chi connectivity index (χ1n) is 8.14. The highest BCUT2D eigenvalue weighted by Crippen LogP contribution is 2.35. The lowest BCUT2D eigenvalue weighted by molar-refractivity contribution is -0.0870. The molecule has 0 spiro atoms. The van der Waals surface area contributed by atoms with Gasteiger partial charge in [-0.1, -0.05) is 20.8 Å². The molecule has 2 rings (SSSR count). The van der Waals surface area contributed by atoms with Gasteiger partial charge in [-0.25, -0.2) is 0 Å². The largest absolute Gasteiger partial charge is 0.378 e. The van der Waals surface area contributed by atoms with E-state index in [9.17, 15) is 0 Å². The third-order valence-electron chi connectivity index (χ3n) is 5.29. The summed E-state index contributed by atoms with van der Waals surface area (Å²) in [5, 5.41) is 0. The van der Waals surface area contributed by atoms with Crippen LogP contribution >= 0.6 is 0 Å². The van der Waals surface area contributed by atoms with Crippen molar-refractivity contribution in [2.45, 2.75) is 64.5 Å². The highest BCUT2D eigenvalue weighted by atomic mass is 16.5. The Balaban J connectivity index is 2.07. The Morgan fingerprint density at radius 2 is 2.11 bits per heavy atom. The van der Waals surface area contributed by atoms with Crippen molar-refractivity contribution in [3.05, 3.63) is 0 Å². The van der Waals surface area contributed by atoms with Gasteiger partial charge >= 0.3 is 0 Å². The number of hydrogen-bond donors (Lipinski definition) is 1. The number of rotatable bonds is 3. The summed E-state index contributed by atoms with van der Waals surface area (Å²) in [4.78, 5) is 2.70. The zero-order chi connectivity index (χ0) is 13.9. The number of nitrogens with zero attached hydrogens (tertiary/aromatic N) is 1. The molecule has 0 aromatic rings. The van der Waals surface area contributed by atoms with Crippen LogP contribution in [0.15, 0.2) is 0 Å². The highest BCUT2D eigenvalue weighted by molar-refractivity contribution is 4.97. The minimum absolute atomic E-state index is 0.206. The van der Waals surface area contributed by atoms with Crippen molar-refractivity contribution in [3.63, 3.8) is 0 Å². The molecule has 19 heavy (non-hydrogen) atoms. The molecule has 2 N–H and O–H groups in total. The molecule has 0 aliphatic carbocycles. The Kier molecular flexibility index (Phi) is 5.27. The van der Waals surface area contributed by atoms with Crippen molar-refractivity contribution in [2.75, 3.05) is 26.2 Å². The molecule has 0 amide bonds. The van der Waals surface area contributed by atoms with Gasteiger partial charge in [-0.05, 0) is 57.0 Å². The quantitative estimate of drug-likeness (QED) is 0.855. The monoisotopic (exact) mass is 268 g/mol. The van der Waals surface area contributed by atoms with Gasteiger partial charge in [0.25, 0.3) is 0 Å². The predicted molar refractivity (Wildman–Crippen MR) is 80.2 cm³/mol. The summed E-state index contributed by atoms with van der Waals surface area (Å²) >= 11 is 0. The molecule has 3 unspecified atom stereocenters. The van der Waals surface area contributed by atoms with Crippen molar-refractivity contribution in [1.82, 2.24) is 4.90 Å². The summed E-state index contributed by atoms with van der Waals surface area (Å²) in [6.07, 6.45) is 6.65. The highest BCUT2D eigenvalue weighted by Gasteiger charge is 2.41. The number of ether oxygens (including phenoxy) is 1. The van der Waals surface area contributed by atoms with Crippen LogP contribution in [0.4, 0.5) is 0 Å². The molecule has 3 heteroatoms. The molecule has 2 aliphatic heterocycles. The molecule has 0 aromatic heterocycles. The second-order valence-corrected chi connectivity index (χ2v) is 7.06. The smallest absolute Gasteiger partial charge is 0.0616 e. The SMILES string of the molecule is CC1CCCN(C2(CN)CCOC(C(C)C)C2)CC1. The lowest BCUT2D eigenvalue weighted by Gasteiger charge is -2.48. The molecule has 3 nitrogen and oxygen atoms in total.